The van der Waals surface area contributed by atoms with Gasteiger partial charge in [-0.15, -0.1) is 0 Å². The molecule has 1 heterocycles. The van der Waals surface area contributed by atoms with E-state index in [1.807, 2.05) is 0 Å². The summed E-state index contributed by atoms with van der Waals surface area (Å²) in [4.78, 5) is 12.4. The van der Waals surface area contributed by atoms with E-state index in [0.29, 0.717) is 11.3 Å². The molecule has 2 atom stereocenters. The van der Waals surface area contributed by atoms with Crippen molar-refractivity contribution in [1.82, 2.24) is 0 Å². The Bertz CT molecular complexity index is 732. The van der Waals surface area contributed by atoms with Gasteiger partial charge < -0.3 is 20.2 Å². The fourth-order valence-corrected chi connectivity index (χ4v) is 3.01. The van der Waals surface area contributed by atoms with Crippen molar-refractivity contribution in [2.24, 2.45) is 0 Å². The van der Waals surface area contributed by atoms with Gasteiger partial charge in [0, 0.05) is 12.5 Å². The van der Waals surface area contributed by atoms with Gasteiger partial charge in [0.05, 0.1) is 12.1 Å². The van der Waals surface area contributed by atoms with Crippen LogP contribution < -0.4 is 4.90 Å². The number of nitrogens with zero attached hydrogens (tertiary/aromatic N) is 1. The van der Waals surface area contributed by atoms with Crippen LogP contribution in [0.1, 0.15) is 23.5 Å². The van der Waals surface area contributed by atoms with Gasteiger partial charge in [-0.2, -0.15) is 0 Å². The van der Waals surface area contributed by atoms with Crippen LogP contribution in [0, 0.1) is 0 Å². The van der Waals surface area contributed by atoms with Crippen molar-refractivity contribution in [3.05, 3.63) is 53.6 Å². The molecule has 0 spiro atoms. The van der Waals surface area contributed by atoms with Gasteiger partial charge in [-0.3, -0.25) is 4.79 Å². The van der Waals surface area contributed by atoms with Gasteiger partial charge >= 0.3 is 5.97 Å². The lowest BCUT2D eigenvalue weighted by molar-refractivity contribution is -0.137. The van der Waals surface area contributed by atoms with E-state index in [2.05, 4.69) is 0 Å². The molecule has 2 aromatic rings. The first-order chi connectivity index (χ1) is 11.0. The first-order valence-corrected chi connectivity index (χ1v) is 7.19. The van der Waals surface area contributed by atoms with Gasteiger partial charge in [0.1, 0.15) is 11.5 Å². The second-order valence-corrected chi connectivity index (χ2v) is 5.59. The van der Waals surface area contributed by atoms with E-state index in [1.54, 1.807) is 24.3 Å². The Hall–Kier alpha value is -2.76. The molecule has 0 aliphatic carbocycles. The van der Waals surface area contributed by atoms with Crippen molar-refractivity contribution in [3.63, 3.8) is 0 Å². The highest BCUT2D eigenvalue weighted by atomic mass is 19.1. The van der Waals surface area contributed by atoms with Crippen LogP contribution >= 0.6 is 0 Å². The van der Waals surface area contributed by atoms with E-state index >= 15 is 0 Å². The van der Waals surface area contributed by atoms with Crippen LogP contribution in [0.3, 0.4) is 0 Å². The summed E-state index contributed by atoms with van der Waals surface area (Å²) >= 11 is 0. The van der Waals surface area contributed by atoms with Crippen LogP contribution in [0.15, 0.2) is 42.5 Å². The number of alkyl halides is 1. The maximum atomic E-state index is 14.9. The van der Waals surface area contributed by atoms with Crippen LogP contribution in [0.4, 0.5) is 10.1 Å². The van der Waals surface area contributed by atoms with Crippen LogP contribution in [-0.4, -0.2) is 27.6 Å². The number of phenols is 2. The molecule has 3 rings (SSSR count). The molecule has 2 aromatic carbocycles. The zero-order valence-corrected chi connectivity index (χ0v) is 12.2. The second-order valence-electron chi connectivity index (χ2n) is 5.59. The molecule has 0 saturated carbocycles. The summed E-state index contributed by atoms with van der Waals surface area (Å²) in [7, 11) is 0. The summed E-state index contributed by atoms with van der Waals surface area (Å²) in [6, 6.07) is 11.0. The minimum atomic E-state index is -1.54. The quantitative estimate of drug-likeness (QED) is 0.755. The van der Waals surface area contributed by atoms with Gasteiger partial charge in [0.2, 0.25) is 0 Å². The first kappa shape index (κ1) is 15.1. The van der Waals surface area contributed by atoms with Gasteiger partial charge in [0.15, 0.2) is 6.30 Å². The summed E-state index contributed by atoms with van der Waals surface area (Å²) in [5.74, 6) is -1.87. The molecule has 2 unspecified atom stereocenters. The summed E-state index contributed by atoms with van der Waals surface area (Å²) in [5, 5.41) is 28.4. The van der Waals surface area contributed by atoms with E-state index in [-0.39, 0.29) is 24.5 Å². The monoisotopic (exact) mass is 317 g/mol. The number of hydrogen-bond donors (Lipinski definition) is 3. The van der Waals surface area contributed by atoms with Crippen LogP contribution in [0.5, 0.6) is 11.5 Å². The molecule has 3 N–H and O–H groups in total. The van der Waals surface area contributed by atoms with E-state index in [9.17, 15) is 19.4 Å². The van der Waals surface area contributed by atoms with Gasteiger partial charge in [-0.05, 0) is 29.3 Å². The SMILES string of the molecule is O=C(O)CC1c2cccc(O)c2N(Cc2ccc(O)cc2)C1F. The van der Waals surface area contributed by atoms with Gasteiger partial charge in [0.25, 0.3) is 0 Å². The van der Waals surface area contributed by atoms with Gasteiger partial charge in [-0.1, -0.05) is 24.3 Å². The maximum absolute atomic E-state index is 14.9. The number of hydrogen-bond acceptors (Lipinski definition) is 4. The Balaban J connectivity index is 1.97. The molecule has 0 saturated heterocycles. The van der Waals surface area contributed by atoms with Crippen LogP contribution in [0.25, 0.3) is 0 Å². The smallest absolute Gasteiger partial charge is 0.304 e. The number of aliphatic carboxylic acids is 1. The minimum absolute atomic E-state index is 0.0724. The molecule has 0 fully saturated rings. The molecular formula is C17H16FNO4. The van der Waals surface area contributed by atoms with Crippen molar-refractivity contribution in [2.75, 3.05) is 4.90 Å². The number of carboxylic acids is 1. The van der Waals surface area contributed by atoms with Crippen molar-refractivity contribution >= 4 is 11.7 Å². The fraction of sp³-hybridized carbons (Fsp3) is 0.235. The van der Waals surface area contributed by atoms with Crippen LogP contribution in [-0.2, 0) is 11.3 Å². The number of anilines is 1. The number of halogens is 1. The van der Waals surface area contributed by atoms with E-state index in [1.165, 1.54) is 23.1 Å². The third-order valence-electron chi connectivity index (χ3n) is 4.05. The van der Waals surface area contributed by atoms with Crippen molar-refractivity contribution in [3.8, 4) is 11.5 Å². The van der Waals surface area contributed by atoms with E-state index < -0.39 is 18.2 Å². The summed E-state index contributed by atoms with van der Waals surface area (Å²) in [5.41, 5.74) is 1.58. The van der Waals surface area contributed by atoms with Crippen LogP contribution in [0.2, 0.25) is 0 Å². The number of fused-ring (bicyclic) bond motifs is 1. The lowest BCUT2D eigenvalue weighted by Gasteiger charge is -2.24. The summed E-state index contributed by atoms with van der Waals surface area (Å²) in [6.07, 6.45) is -1.88. The van der Waals surface area contributed by atoms with E-state index in [4.69, 9.17) is 5.11 Å². The Morgan fingerprint density at radius 2 is 1.83 bits per heavy atom. The second kappa shape index (κ2) is 5.79. The number of benzene rings is 2. The highest BCUT2D eigenvalue weighted by Crippen LogP contribution is 2.48. The van der Waals surface area contributed by atoms with Crippen molar-refractivity contribution < 1.29 is 24.5 Å². The molecule has 1 aliphatic rings. The molecule has 1 aliphatic heterocycles. The third kappa shape index (κ3) is 2.79. The molecule has 6 heteroatoms. The summed E-state index contributed by atoms with van der Waals surface area (Å²) in [6.45, 7) is 0.169. The lowest BCUT2D eigenvalue weighted by Crippen LogP contribution is -2.30. The highest BCUT2D eigenvalue weighted by molar-refractivity contribution is 5.74. The third-order valence-corrected chi connectivity index (χ3v) is 4.05. The topological polar surface area (TPSA) is 81.0 Å². The van der Waals surface area contributed by atoms with Crippen molar-refractivity contribution in [1.29, 1.82) is 0 Å². The number of carbonyl (C=O) groups is 1. The van der Waals surface area contributed by atoms with Gasteiger partial charge in [-0.25, -0.2) is 4.39 Å². The Morgan fingerprint density at radius 3 is 2.48 bits per heavy atom. The minimum Gasteiger partial charge on any atom is -0.508 e. The first-order valence-electron chi connectivity index (χ1n) is 7.19. The number of rotatable bonds is 4. The molecule has 0 amide bonds. The molecule has 5 nitrogen and oxygen atoms in total. The predicted octanol–water partition coefficient (Wildman–Crippen LogP) is 2.97. The Kier molecular flexibility index (Phi) is 3.82. The number of aromatic hydroxyl groups is 2. The standard InChI is InChI=1S/C17H16FNO4/c18-17-13(8-15(22)23)12-2-1-3-14(21)16(12)19(17)9-10-4-6-11(20)7-5-10/h1-7,13,17,20-21H,8-9H2,(H,22,23). The van der Waals surface area contributed by atoms with E-state index in [0.717, 1.165) is 5.56 Å². The zero-order valence-electron chi connectivity index (χ0n) is 12.2. The molecule has 23 heavy (non-hydrogen) atoms. The molecule has 0 radical (unpaired) electrons. The average molecular weight is 317 g/mol. The number of phenolic OH excluding ortho intramolecular Hbond substituents is 2. The molecular weight excluding hydrogens is 301 g/mol. The molecule has 0 bridgehead atoms. The Labute approximate surface area is 132 Å². The average Bonchev–Trinajstić information content (AvgIpc) is 2.76. The number of para-hydroxylation sites is 1. The fourth-order valence-electron chi connectivity index (χ4n) is 3.01. The highest BCUT2D eigenvalue weighted by Gasteiger charge is 2.41. The summed E-state index contributed by atoms with van der Waals surface area (Å²) < 4.78 is 14.9. The largest absolute Gasteiger partial charge is 0.508 e. The molecule has 0 aromatic heterocycles. The lowest BCUT2D eigenvalue weighted by atomic mass is 9.97. The Morgan fingerprint density at radius 1 is 1.13 bits per heavy atom. The normalized spacial score (nSPS) is 19.6. The molecule has 120 valence electrons. The zero-order chi connectivity index (χ0) is 16.6. The predicted molar refractivity (Wildman–Crippen MR) is 82.3 cm³/mol. The maximum Gasteiger partial charge on any atom is 0.304 e. The number of carboxylic acid groups (broad SMARTS) is 1. The van der Waals surface area contributed by atoms with Crippen molar-refractivity contribution in [2.45, 2.75) is 25.2 Å².